The van der Waals surface area contributed by atoms with E-state index in [-0.39, 0.29) is 17.9 Å². The van der Waals surface area contributed by atoms with Gasteiger partial charge < -0.3 is 16.0 Å². The van der Waals surface area contributed by atoms with Gasteiger partial charge in [0.1, 0.15) is 17.3 Å². The Morgan fingerprint density at radius 3 is 2.78 bits per heavy atom. The standard InChI is InChI=1S/C26H24ClN7O2/c1-2-22(35)33-13-5-6-17(15-33)34-20-10-12-30-25(28)23(20)24(32-34)18-9-8-16(14-19(18)27)26(36)31-21-7-3-4-11-29-21/h2-4,7-12,14,17H,1,5-6,13,15H2,(H2,28,30)(H,29,31,36). The number of nitrogens with one attached hydrogen (secondary N) is 1. The third-order valence-corrected chi connectivity index (χ3v) is 6.58. The van der Waals surface area contributed by atoms with Gasteiger partial charge in [-0.1, -0.05) is 30.3 Å². The highest BCUT2D eigenvalue weighted by Crippen LogP contribution is 2.37. The fourth-order valence-electron chi connectivity index (χ4n) is 4.54. The largest absolute Gasteiger partial charge is 0.383 e. The topological polar surface area (TPSA) is 119 Å². The summed E-state index contributed by atoms with van der Waals surface area (Å²) in [4.78, 5) is 35.1. The minimum Gasteiger partial charge on any atom is -0.383 e. The molecule has 1 atom stereocenters. The quantitative estimate of drug-likeness (QED) is 0.393. The molecule has 4 aromatic rings. The first kappa shape index (κ1) is 23.5. The van der Waals surface area contributed by atoms with E-state index < -0.39 is 0 Å². The second-order valence-corrected chi connectivity index (χ2v) is 8.94. The van der Waals surface area contributed by atoms with Crippen LogP contribution >= 0.6 is 11.6 Å². The molecule has 2 amide bonds. The predicted molar refractivity (Wildman–Crippen MR) is 140 cm³/mol. The van der Waals surface area contributed by atoms with Crippen molar-refractivity contribution >= 4 is 46.0 Å². The van der Waals surface area contributed by atoms with Gasteiger partial charge in [-0.25, -0.2) is 9.97 Å². The fraction of sp³-hybridized carbons (Fsp3) is 0.192. The third-order valence-electron chi connectivity index (χ3n) is 6.27. The number of likely N-dealkylation sites (tertiary alicyclic amines) is 1. The molecule has 182 valence electrons. The zero-order valence-electron chi connectivity index (χ0n) is 19.4. The van der Waals surface area contributed by atoms with Gasteiger partial charge in [0.25, 0.3) is 5.91 Å². The molecular formula is C26H24ClN7O2. The molecule has 1 fully saturated rings. The number of amides is 2. The van der Waals surface area contributed by atoms with E-state index in [1.807, 2.05) is 10.7 Å². The molecule has 1 aliphatic rings. The Hall–Kier alpha value is -4.24. The summed E-state index contributed by atoms with van der Waals surface area (Å²) in [6.45, 7) is 4.81. The van der Waals surface area contributed by atoms with Crippen LogP contribution in [0.1, 0.15) is 29.2 Å². The first-order valence-electron chi connectivity index (χ1n) is 11.5. The molecule has 1 aromatic carbocycles. The van der Waals surface area contributed by atoms with Gasteiger partial charge in [0.05, 0.1) is 22.0 Å². The molecule has 1 saturated heterocycles. The highest BCUT2D eigenvalue weighted by molar-refractivity contribution is 6.34. The number of rotatable bonds is 5. The van der Waals surface area contributed by atoms with Crippen molar-refractivity contribution < 1.29 is 9.59 Å². The number of nitrogens with zero attached hydrogens (tertiary/aromatic N) is 5. The zero-order chi connectivity index (χ0) is 25.2. The molecule has 0 spiro atoms. The maximum Gasteiger partial charge on any atom is 0.256 e. The summed E-state index contributed by atoms with van der Waals surface area (Å²) in [5.41, 5.74) is 8.69. The van der Waals surface area contributed by atoms with Gasteiger partial charge in [-0.15, -0.1) is 0 Å². The molecule has 0 aliphatic carbocycles. The second-order valence-electron chi connectivity index (χ2n) is 8.53. The molecule has 4 heterocycles. The van der Waals surface area contributed by atoms with E-state index in [0.29, 0.717) is 52.0 Å². The Kier molecular flexibility index (Phi) is 6.39. The second kappa shape index (κ2) is 9.79. The van der Waals surface area contributed by atoms with Crippen LogP contribution in [0, 0.1) is 0 Å². The first-order chi connectivity index (χ1) is 17.5. The molecule has 10 heteroatoms. The number of hydrogen-bond donors (Lipinski definition) is 2. The van der Waals surface area contributed by atoms with Gasteiger partial charge in [0, 0.05) is 36.6 Å². The first-order valence-corrected chi connectivity index (χ1v) is 11.9. The number of carbonyl (C=O) groups is 2. The van der Waals surface area contributed by atoms with E-state index in [4.69, 9.17) is 22.4 Å². The summed E-state index contributed by atoms with van der Waals surface area (Å²) >= 11 is 6.67. The SMILES string of the molecule is C=CC(=O)N1CCCC(n2nc(-c3ccc(C(=O)Nc4ccccn4)cc3Cl)c3c(N)nccc32)C1. The number of halogens is 1. The molecule has 5 rings (SSSR count). The predicted octanol–water partition coefficient (Wildman–Crippen LogP) is 4.33. The average Bonchev–Trinajstić information content (AvgIpc) is 3.29. The number of benzene rings is 1. The van der Waals surface area contributed by atoms with Crippen LogP contribution < -0.4 is 11.1 Å². The highest BCUT2D eigenvalue weighted by Gasteiger charge is 2.28. The average molecular weight is 502 g/mol. The minimum atomic E-state index is -0.326. The maximum atomic E-state index is 12.7. The Balaban J connectivity index is 1.52. The number of piperidine rings is 1. The van der Waals surface area contributed by atoms with E-state index >= 15 is 0 Å². The number of nitrogen functional groups attached to an aromatic ring is 1. The van der Waals surface area contributed by atoms with E-state index in [1.54, 1.807) is 53.7 Å². The lowest BCUT2D eigenvalue weighted by Gasteiger charge is -2.32. The van der Waals surface area contributed by atoms with Crippen LogP contribution in [-0.2, 0) is 4.79 Å². The van der Waals surface area contributed by atoms with Crippen molar-refractivity contribution in [3.63, 3.8) is 0 Å². The van der Waals surface area contributed by atoms with Gasteiger partial charge in [0.2, 0.25) is 5.91 Å². The van der Waals surface area contributed by atoms with Crippen molar-refractivity contribution in [2.45, 2.75) is 18.9 Å². The molecule has 3 N–H and O–H groups in total. The summed E-state index contributed by atoms with van der Waals surface area (Å²) in [6.07, 6.45) is 6.29. The monoisotopic (exact) mass is 501 g/mol. The number of anilines is 2. The van der Waals surface area contributed by atoms with E-state index in [1.165, 1.54) is 6.08 Å². The fourth-order valence-corrected chi connectivity index (χ4v) is 4.81. The number of hydrogen-bond acceptors (Lipinski definition) is 6. The zero-order valence-corrected chi connectivity index (χ0v) is 20.2. The van der Waals surface area contributed by atoms with E-state index in [9.17, 15) is 9.59 Å². The van der Waals surface area contributed by atoms with Crippen molar-refractivity contribution in [1.82, 2.24) is 24.6 Å². The smallest absolute Gasteiger partial charge is 0.256 e. The number of fused-ring (bicyclic) bond motifs is 1. The molecule has 3 aromatic heterocycles. The van der Waals surface area contributed by atoms with Crippen LogP contribution in [0.4, 0.5) is 11.6 Å². The third kappa shape index (κ3) is 4.40. The lowest BCUT2D eigenvalue weighted by atomic mass is 10.0. The van der Waals surface area contributed by atoms with Crippen LogP contribution in [0.3, 0.4) is 0 Å². The van der Waals surface area contributed by atoms with Gasteiger partial charge >= 0.3 is 0 Å². The molecule has 36 heavy (non-hydrogen) atoms. The van der Waals surface area contributed by atoms with Crippen molar-refractivity contribution in [3.8, 4) is 11.3 Å². The number of aromatic nitrogens is 4. The molecule has 0 saturated carbocycles. The van der Waals surface area contributed by atoms with Gasteiger partial charge in [-0.05, 0) is 49.2 Å². The molecule has 0 radical (unpaired) electrons. The van der Waals surface area contributed by atoms with Gasteiger partial charge in [0.15, 0.2) is 0 Å². The van der Waals surface area contributed by atoms with Crippen LogP contribution in [0.5, 0.6) is 0 Å². The summed E-state index contributed by atoms with van der Waals surface area (Å²) in [6, 6.07) is 12.1. The number of pyridine rings is 2. The molecular weight excluding hydrogens is 478 g/mol. The lowest BCUT2D eigenvalue weighted by molar-refractivity contribution is -0.127. The van der Waals surface area contributed by atoms with Crippen LogP contribution in [0.25, 0.3) is 22.2 Å². The summed E-state index contributed by atoms with van der Waals surface area (Å²) in [5.74, 6) is 0.354. The highest BCUT2D eigenvalue weighted by atomic mass is 35.5. The summed E-state index contributed by atoms with van der Waals surface area (Å²) in [5, 5.41) is 8.69. The van der Waals surface area contributed by atoms with Crippen molar-refractivity contribution in [1.29, 1.82) is 0 Å². The minimum absolute atomic E-state index is 0.0390. The summed E-state index contributed by atoms with van der Waals surface area (Å²) < 4.78 is 1.91. The maximum absolute atomic E-state index is 12.7. The van der Waals surface area contributed by atoms with Crippen LogP contribution in [-0.4, -0.2) is 49.6 Å². The van der Waals surface area contributed by atoms with Crippen molar-refractivity contribution in [2.75, 3.05) is 24.1 Å². The Bertz CT molecular complexity index is 1470. The van der Waals surface area contributed by atoms with Crippen molar-refractivity contribution in [2.24, 2.45) is 0 Å². The number of carbonyl (C=O) groups excluding carboxylic acids is 2. The van der Waals surface area contributed by atoms with Gasteiger partial charge in [-0.2, -0.15) is 5.10 Å². The Morgan fingerprint density at radius 2 is 2.03 bits per heavy atom. The van der Waals surface area contributed by atoms with E-state index in [0.717, 1.165) is 18.4 Å². The van der Waals surface area contributed by atoms with Crippen LogP contribution in [0.2, 0.25) is 5.02 Å². The Morgan fingerprint density at radius 1 is 1.17 bits per heavy atom. The number of nitrogens with two attached hydrogens (primary N) is 1. The molecule has 1 unspecified atom stereocenters. The van der Waals surface area contributed by atoms with Crippen LogP contribution in [0.15, 0.2) is 67.5 Å². The van der Waals surface area contributed by atoms with E-state index in [2.05, 4.69) is 21.9 Å². The lowest BCUT2D eigenvalue weighted by Crippen LogP contribution is -2.40. The van der Waals surface area contributed by atoms with Crippen molar-refractivity contribution in [3.05, 3.63) is 78.1 Å². The normalized spacial score (nSPS) is 15.6. The molecule has 1 aliphatic heterocycles. The Labute approximate surface area is 212 Å². The molecule has 0 bridgehead atoms. The van der Waals surface area contributed by atoms with Gasteiger partial charge in [-0.3, -0.25) is 14.3 Å². The summed E-state index contributed by atoms with van der Waals surface area (Å²) in [7, 11) is 0. The molecule has 9 nitrogen and oxygen atoms in total.